The molecule has 1 amide bonds. The van der Waals surface area contributed by atoms with Gasteiger partial charge in [-0.2, -0.15) is 18.3 Å². The summed E-state index contributed by atoms with van der Waals surface area (Å²) >= 11 is 0. The molecule has 2 aliphatic rings. The highest BCUT2D eigenvalue weighted by Crippen LogP contribution is 2.44. The van der Waals surface area contributed by atoms with Gasteiger partial charge >= 0.3 is 6.18 Å². The Morgan fingerprint density at radius 1 is 1.23 bits per heavy atom. The van der Waals surface area contributed by atoms with Crippen molar-refractivity contribution in [3.8, 4) is 0 Å². The smallest absolute Gasteiger partial charge is 0.367 e. The summed E-state index contributed by atoms with van der Waals surface area (Å²) in [4.78, 5) is 18.2. The van der Waals surface area contributed by atoms with E-state index in [1.807, 2.05) is 20.8 Å². The molecule has 1 N–H and O–H groups in total. The minimum Gasteiger partial charge on any atom is -0.367 e. The Morgan fingerprint density at radius 2 is 1.94 bits per heavy atom. The summed E-state index contributed by atoms with van der Waals surface area (Å²) in [5.74, 6) is 0.494. The highest BCUT2D eigenvalue weighted by atomic mass is 19.4. The van der Waals surface area contributed by atoms with Crippen molar-refractivity contribution in [1.82, 2.24) is 24.2 Å². The molecule has 2 aromatic rings. The number of aromatic nitrogens is 4. The van der Waals surface area contributed by atoms with E-state index < -0.39 is 12.2 Å². The van der Waals surface area contributed by atoms with Crippen molar-refractivity contribution in [2.75, 3.05) is 18.4 Å². The van der Waals surface area contributed by atoms with Crippen molar-refractivity contribution in [3.63, 3.8) is 0 Å². The Hall–Kier alpha value is -2.52. The summed E-state index contributed by atoms with van der Waals surface area (Å²) in [7, 11) is 0. The maximum Gasteiger partial charge on any atom is 0.410 e. The van der Waals surface area contributed by atoms with Crippen molar-refractivity contribution in [2.45, 2.75) is 70.8 Å². The highest BCUT2D eigenvalue weighted by Gasteiger charge is 2.48. The monoisotopic (exact) mass is 438 g/mol. The van der Waals surface area contributed by atoms with Crippen LogP contribution in [-0.2, 0) is 11.3 Å². The van der Waals surface area contributed by atoms with Crippen LogP contribution in [0.5, 0.6) is 0 Å². The van der Waals surface area contributed by atoms with Gasteiger partial charge in [0.25, 0.3) is 0 Å². The van der Waals surface area contributed by atoms with E-state index in [9.17, 15) is 18.0 Å². The number of anilines is 1. The zero-order chi connectivity index (χ0) is 22.4. The van der Waals surface area contributed by atoms with E-state index in [-0.39, 0.29) is 36.2 Å². The zero-order valence-electron chi connectivity index (χ0n) is 18.1. The van der Waals surface area contributed by atoms with Crippen LogP contribution in [0, 0.1) is 5.41 Å². The van der Waals surface area contributed by atoms with Gasteiger partial charge in [0.15, 0.2) is 6.04 Å². The Labute approximate surface area is 179 Å². The number of imidazole rings is 1. The molecule has 7 nitrogen and oxygen atoms in total. The lowest BCUT2D eigenvalue weighted by atomic mass is 9.82. The third-order valence-electron chi connectivity index (χ3n) is 6.40. The van der Waals surface area contributed by atoms with Gasteiger partial charge in [-0.3, -0.25) is 4.79 Å². The molecule has 0 aliphatic carbocycles. The Balaban J connectivity index is 1.46. The van der Waals surface area contributed by atoms with Crippen LogP contribution in [0.25, 0.3) is 0 Å². The van der Waals surface area contributed by atoms with Crippen molar-refractivity contribution in [3.05, 3.63) is 30.5 Å². The number of nitrogens with zero attached hydrogens (tertiary/aromatic N) is 5. The number of rotatable bonds is 3. The van der Waals surface area contributed by atoms with E-state index in [1.165, 1.54) is 0 Å². The van der Waals surface area contributed by atoms with Crippen LogP contribution < -0.4 is 5.32 Å². The van der Waals surface area contributed by atoms with Gasteiger partial charge < -0.3 is 14.8 Å². The number of fused-ring (bicyclic) bond motifs is 1. The average molecular weight is 438 g/mol. The van der Waals surface area contributed by atoms with E-state index >= 15 is 0 Å². The molecular formula is C21H29F3N6O. The maximum atomic E-state index is 13.8. The van der Waals surface area contributed by atoms with Crippen LogP contribution in [0.1, 0.15) is 57.7 Å². The molecule has 0 saturated carbocycles. The maximum absolute atomic E-state index is 13.8. The summed E-state index contributed by atoms with van der Waals surface area (Å²) in [5.41, 5.74) is 0.369. The number of amides is 1. The van der Waals surface area contributed by atoms with E-state index in [2.05, 4.69) is 15.4 Å². The third kappa shape index (κ3) is 4.57. The molecule has 1 saturated heterocycles. The van der Waals surface area contributed by atoms with E-state index in [4.69, 9.17) is 0 Å². The number of alkyl halides is 3. The van der Waals surface area contributed by atoms with Gasteiger partial charge in [0.1, 0.15) is 12.4 Å². The number of hydrogen-bond acceptors (Lipinski definition) is 4. The Bertz CT molecular complexity index is 907. The number of halogens is 3. The number of carbonyl (C=O) groups is 1. The SMILES string of the molecule is CC(C)(C)[C@@H]1C[C@H](C(F)(F)F)n2nc(C3CCN(C(=O)Cn4ccnc4)CC3)cc2N1. The van der Waals surface area contributed by atoms with Crippen LogP contribution in [0.3, 0.4) is 0 Å². The number of piperidine rings is 1. The lowest BCUT2D eigenvalue weighted by molar-refractivity contribution is -0.175. The van der Waals surface area contributed by atoms with Gasteiger partial charge in [-0.15, -0.1) is 0 Å². The molecule has 0 aromatic carbocycles. The molecule has 10 heteroatoms. The number of nitrogens with one attached hydrogen (secondary N) is 1. The molecule has 4 rings (SSSR count). The number of likely N-dealkylation sites (tertiary alicyclic amines) is 1. The largest absolute Gasteiger partial charge is 0.410 e. The van der Waals surface area contributed by atoms with Crippen molar-refractivity contribution >= 4 is 11.7 Å². The van der Waals surface area contributed by atoms with Gasteiger partial charge in [-0.25, -0.2) is 9.67 Å². The lowest BCUT2D eigenvalue weighted by Crippen LogP contribution is -2.44. The highest BCUT2D eigenvalue weighted by molar-refractivity contribution is 5.76. The van der Waals surface area contributed by atoms with Crippen molar-refractivity contribution in [1.29, 1.82) is 0 Å². The van der Waals surface area contributed by atoms with Gasteiger partial charge in [-0.1, -0.05) is 20.8 Å². The zero-order valence-corrected chi connectivity index (χ0v) is 18.1. The lowest BCUT2D eigenvalue weighted by Gasteiger charge is -2.39. The minimum absolute atomic E-state index is 0.0207. The minimum atomic E-state index is -4.35. The second-order valence-electron chi connectivity index (χ2n) is 9.65. The molecule has 0 unspecified atom stereocenters. The molecule has 1 fully saturated rings. The number of carbonyl (C=O) groups excluding carboxylic acids is 1. The molecule has 2 atom stereocenters. The molecule has 0 radical (unpaired) electrons. The summed E-state index contributed by atoms with van der Waals surface area (Å²) < 4.78 is 44.2. The van der Waals surface area contributed by atoms with Crippen LogP contribution in [0.15, 0.2) is 24.8 Å². The normalized spacial score (nSPS) is 22.8. The summed E-state index contributed by atoms with van der Waals surface area (Å²) in [6, 6.07) is -0.151. The topological polar surface area (TPSA) is 68.0 Å². The van der Waals surface area contributed by atoms with Crippen molar-refractivity contribution < 1.29 is 18.0 Å². The average Bonchev–Trinajstić information content (AvgIpc) is 3.35. The summed E-state index contributed by atoms with van der Waals surface area (Å²) in [6.45, 7) is 7.22. The molecule has 2 aliphatic heterocycles. The van der Waals surface area contributed by atoms with Crippen LogP contribution in [0.4, 0.5) is 19.0 Å². The first kappa shape index (κ1) is 21.7. The second kappa shape index (κ2) is 7.87. The van der Waals surface area contributed by atoms with Crippen LogP contribution in [0.2, 0.25) is 0 Å². The first-order valence-corrected chi connectivity index (χ1v) is 10.7. The summed E-state index contributed by atoms with van der Waals surface area (Å²) in [6.07, 6.45) is 1.96. The first-order valence-electron chi connectivity index (χ1n) is 10.7. The van der Waals surface area contributed by atoms with Gasteiger partial charge in [-0.05, 0) is 24.7 Å². The van der Waals surface area contributed by atoms with Gasteiger partial charge in [0, 0.05) is 43.5 Å². The van der Waals surface area contributed by atoms with E-state index in [0.717, 1.165) is 4.68 Å². The quantitative estimate of drug-likeness (QED) is 0.791. The van der Waals surface area contributed by atoms with Gasteiger partial charge in [0.2, 0.25) is 5.91 Å². The predicted molar refractivity (Wildman–Crippen MR) is 110 cm³/mol. The van der Waals surface area contributed by atoms with Crippen LogP contribution in [-0.4, -0.2) is 55.4 Å². The Kier molecular flexibility index (Phi) is 5.51. The van der Waals surface area contributed by atoms with Gasteiger partial charge in [0.05, 0.1) is 12.0 Å². The predicted octanol–water partition coefficient (Wildman–Crippen LogP) is 3.82. The molecular weight excluding hydrogens is 409 g/mol. The molecule has 0 spiro atoms. The molecule has 170 valence electrons. The molecule has 0 bridgehead atoms. The van der Waals surface area contributed by atoms with E-state index in [0.29, 0.717) is 37.4 Å². The molecule has 2 aromatic heterocycles. The Morgan fingerprint density at radius 3 is 2.52 bits per heavy atom. The standard InChI is InChI=1S/C21H29F3N6O/c1-20(2,3)16-11-17(21(22,23)24)30-18(26-16)10-15(27-30)14-4-7-29(8-5-14)19(31)12-28-9-6-25-13-28/h6,9-10,13-14,16-17,26H,4-5,7-8,11-12H2,1-3H3/t16-,17+/m0/s1. The fourth-order valence-electron chi connectivity index (χ4n) is 4.42. The second-order valence-corrected chi connectivity index (χ2v) is 9.65. The summed E-state index contributed by atoms with van der Waals surface area (Å²) in [5, 5.41) is 7.67. The molecule has 4 heterocycles. The third-order valence-corrected chi connectivity index (χ3v) is 6.40. The van der Waals surface area contributed by atoms with Crippen LogP contribution >= 0.6 is 0 Å². The fourth-order valence-corrected chi connectivity index (χ4v) is 4.42. The van der Waals surface area contributed by atoms with E-state index in [1.54, 1.807) is 34.3 Å². The first-order chi connectivity index (χ1) is 14.5. The molecule has 31 heavy (non-hydrogen) atoms. The van der Waals surface area contributed by atoms with Crippen molar-refractivity contribution in [2.24, 2.45) is 5.41 Å². The number of hydrogen-bond donors (Lipinski definition) is 1. The fraction of sp³-hybridized carbons (Fsp3) is 0.667.